The van der Waals surface area contributed by atoms with E-state index in [1.54, 1.807) is 31.1 Å². The molecule has 1 aromatic heterocycles. The molecule has 0 amide bonds. The first-order chi connectivity index (χ1) is 9.13. The average Bonchev–Trinajstić information content (AvgIpc) is 2.87. The van der Waals surface area contributed by atoms with Gasteiger partial charge in [-0.2, -0.15) is 0 Å². The molecule has 2 aromatic rings. The van der Waals surface area contributed by atoms with E-state index < -0.39 is 0 Å². The van der Waals surface area contributed by atoms with E-state index in [2.05, 4.69) is 15.5 Å². The zero-order valence-corrected chi connectivity index (χ0v) is 11.2. The molecule has 0 spiro atoms. The summed E-state index contributed by atoms with van der Waals surface area (Å²) in [5.41, 5.74) is 0.596. The first-order valence-electron chi connectivity index (χ1n) is 6.07. The van der Waals surface area contributed by atoms with Crippen LogP contribution in [0.2, 0.25) is 0 Å². The molecule has 0 bridgehead atoms. The highest BCUT2D eigenvalue weighted by atomic mass is 19.1. The van der Waals surface area contributed by atoms with Gasteiger partial charge in [0.1, 0.15) is 5.82 Å². The minimum Gasteiger partial charge on any atom is -0.407 e. The van der Waals surface area contributed by atoms with Crippen molar-refractivity contribution in [1.82, 2.24) is 15.5 Å². The quantitative estimate of drug-likeness (QED) is 0.896. The lowest BCUT2D eigenvalue weighted by Crippen LogP contribution is -2.22. The topological polar surface area (TPSA) is 54.2 Å². The molecule has 0 aliphatic heterocycles. The number of nitrogens with zero attached hydrogens (tertiary/aromatic N) is 3. The Morgan fingerprint density at radius 3 is 2.79 bits per heavy atom. The lowest BCUT2D eigenvalue weighted by Gasteiger charge is -2.23. The van der Waals surface area contributed by atoms with Crippen LogP contribution in [0.5, 0.6) is 0 Å². The van der Waals surface area contributed by atoms with E-state index in [0.717, 1.165) is 0 Å². The van der Waals surface area contributed by atoms with Gasteiger partial charge in [-0.1, -0.05) is 23.3 Å². The van der Waals surface area contributed by atoms with Gasteiger partial charge < -0.3 is 14.6 Å². The molecule has 0 fully saturated rings. The van der Waals surface area contributed by atoms with E-state index in [-0.39, 0.29) is 11.9 Å². The van der Waals surface area contributed by atoms with Crippen LogP contribution in [0.1, 0.15) is 24.4 Å². The number of hydrogen-bond donors (Lipinski definition) is 1. The van der Waals surface area contributed by atoms with Gasteiger partial charge in [-0.15, -0.1) is 5.10 Å². The number of hydrogen-bond acceptors (Lipinski definition) is 5. The molecule has 6 heteroatoms. The van der Waals surface area contributed by atoms with Crippen molar-refractivity contribution in [3.63, 3.8) is 0 Å². The fourth-order valence-corrected chi connectivity index (χ4v) is 1.80. The number of nitrogens with one attached hydrogen (secondary N) is 1. The molecular weight excluding hydrogens is 247 g/mol. The van der Waals surface area contributed by atoms with Gasteiger partial charge in [-0.05, 0) is 20.0 Å². The lowest BCUT2D eigenvalue weighted by molar-refractivity contribution is 0.464. The van der Waals surface area contributed by atoms with E-state index in [1.807, 2.05) is 13.0 Å². The average molecular weight is 264 g/mol. The fourth-order valence-electron chi connectivity index (χ4n) is 1.80. The molecule has 0 aliphatic rings. The molecule has 0 saturated heterocycles. The van der Waals surface area contributed by atoms with Crippen LogP contribution in [-0.4, -0.2) is 24.3 Å². The van der Waals surface area contributed by atoms with Crippen LogP contribution in [0.25, 0.3) is 0 Å². The van der Waals surface area contributed by atoms with Crippen LogP contribution < -0.4 is 10.2 Å². The lowest BCUT2D eigenvalue weighted by atomic mass is 10.1. The van der Waals surface area contributed by atoms with E-state index in [4.69, 9.17) is 4.42 Å². The van der Waals surface area contributed by atoms with Gasteiger partial charge in [0, 0.05) is 12.6 Å². The summed E-state index contributed by atoms with van der Waals surface area (Å²) >= 11 is 0. The van der Waals surface area contributed by atoms with E-state index in [0.29, 0.717) is 24.0 Å². The van der Waals surface area contributed by atoms with Gasteiger partial charge in [-0.3, -0.25) is 0 Å². The summed E-state index contributed by atoms with van der Waals surface area (Å²) in [5.74, 6) is 0.266. The molecule has 0 aliphatic carbocycles. The van der Waals surface area contributed by atoms with Crippen LogP contribution in [-0.2, 0) is 6.54 Å². The summed E-state index contributed by atoms with van der Waals surface area (Å²) in [6.07, 6.45) is 0. The zero-order valence-electron chi connectivity index (χ0n) is 11.2. The van der Waals surface area contributed by atoms with E-state index >= 15 is 0 Å². The molecule has 1 unspecified atom stereocenters. The van der Waals surface area contributed by atoms with Gasteiger partial charge in [0.15, 0.2) is 0 Å². The smallest absolute Gasteiger partial charge is 0.318 e. The van der Waals surface area contributed by atoms with Gasteiger partial charge in [0.25, 0.3) is 0 Å². The molecule has 1 atom stereocenters. The van der Waals surface area contributed by atoms with Crippen molar-refractivity contribution in [3.05, 3.63) is 41.5 Å². The number of anilines is 1. The van der Waals surface area contributed by atoms with Crippen LogP contribution >= 0.6 is 0 Å². The maximum Gasteiger partial charge on any atom is 0.318 e. The van der Waals surface area contributed by atoms with Crippen LogP contribution in [0.4, 0.5) is 10.4 Å². The molecule has 0 saturated carbocycles. The third-order valence-electron chi connectivity index (χ3n) is 3.02. The van der Waals surface area contributed by atoms with Crippen molar-refractivity contribution in [1.29, 1.82) is 0 Å². The van der Waals surface area contributed by atoms with Crippen molar-refractivity contribution >= 4 is 6.01 Å². The highest BCUT2D eigenvalue weighted by Gasteiger charge is 2.20. The van der Waals surface area contributed by atoms with Gasteiger partial charge in [-0.25, -0.2) is 4.39 Å². The highest BCUT2D eigenvalue weighted by molar-refractivity contribution is 5.32. The predicted octanol–water partition coefficient (Wildman–Crippen LogP) is 2.13. The standard InChI is InChI=1S/C13H17FN4O/c1-9(10-6-4-5-7-11(10)14)18(3)13-17-16-12(19-13)8-15-2/h4-7,9,15H,8H2,1-3H3. The summed E-state index contributed by atoms with van der Waals surface area (Å²) in [6.45, 7) is 2.40. The van der Waals surface area contributed by atoms with E-state index in [1.165, 1.54) is 6.07 Å². The normalized spacial score (nSPS) is 12.4. The SMILES string of the molecule is CNCc1nnc(N(C)C(C)c2ccccc2F)o1. The first-order valence-corrected chi connectivity index (χ1v) is 6.07. The molecule has 102 valence electrons. The van der Waals surface area contributed by atoms with Crippen molar-refractivity contribution in [3.8, 4) is 0 Å². The van der Waals surface area contributed by atoms with Crippen LogP contribution in [0.15, 0.2) is 28.7 Å². The number of benzene rings is 1. The largest absolute Gasteiger partial charge is 0.407 e. The van der Waals surface area contributed by atoms with E-state index in [9.17, 15) is 4.39 Å². The molecule has 0 radical (unpaired) electrons. The van der Waals surface area contributed by atoms with Crippen molar-refractivity contribution in [2.75, 3.05) is 19.0 Å². The van der Waals surface area contributed by atoms with Crippen molar-refractivity contribution in [2.45, 2.75) is 19.5 Å². The van der Waals surface area contributed by atoms with Crippen molar-refractivity contribution < 1.29 is 8.81 Å². The van der Waals surface area contributed by atoms with Crippen LogP contribution in [0.3, 0.4) is 0 Å². The highest BCUT2D eigenvalue weighted by Crippen LogP contribution is 2.25. The summed E-state index contributed by atoms with van der Waals surface area (Å²) < 4.78 is 19.2. The Bertz CT molecular complexity index is 543. The third kappa shape index (κ3) is 2.90. The molecule has 1 heterocycles. The fraction of sp³-hybridized carbons (Fsp3) is 0.385. The summed E-state index contributed by atoms with van der Waals surface area (Å²) in [5, 5.41) is 10.8. The third-order valence-corrected chi connectivity index (χ3v) is 3.02. The number of aromatic nitrogens is 2. The van der Waals surface area contributed by atoms with Gasteiger partial charge in [0.2, 0.25) is 5.89 Å². The van der Waals surface area contributed by atoms with Gasteiger partial charge >= 0.3 is 6.01 Å². The number of halogens is 1. The summed E-state index contributed by atoms with van der Waals surface area (Å²) in [6, 6.07) is 6.86. The Kier molecular flexibility index (Phi) is 4.11. The molecule has 5 nitrogen and oxygen atoms in total. The first kappa shape index (κ1) is 13.5. The predicted molar refractivity (Wildman–Crippen MR) is 70.3 cm³/mol. The summed E-state index contributed by atoms with van der Waals surface area (Å²) in [4.78, 5) is 1.75. The van der Waals surface area contributed by atoms with Crippen molar-refractivity contribution in [2.24, 2.45) is 0 Å². The maximum atomic E-state index is 13.7. The van der Waals surface area contributed by atoms with Crippen LogP contribution in [0, 0.1) is 5.82 Å². The van der Waals surface area contributed by atoms with Gasteiger partial charge in [0.05, 0.1) is 12.6 Å². The molecule has 1 aromatic carbocycles. The maximum absolute atomic E-state index is 13.7. The Morgan fingerprint density at radius 1 is 1.37 bits per heavy atom. The minimum absolute atomic E-state index is 0.191. The molecular formula is C13H17FN4O. The molecule has 1 N–H and O–H groups in total. The number of rotatable bonds is 5. The summed E-state index contributed by atoms with van der Waals surface area (Å²) in [7, 11) is 3.60. The Balaban J connectivity index is 2.18. The second-order valence-corrected chi connectivity index (χ2v) is 4.32. The Morgan fingerprint density at radius 2 is 2.11 bits per heavy atom. The minimum atomic E-state index is -0.239. The molecule has 2 rings (SSSR count). The zero-order chi connectivity index (χ0) is 13.8. The molecule has 19 heavy (non-hydrogen) atoms. The second kappa shape index (κ2) is 5.79. The second-order valence-electron chi connectivity index (χ2n) is 4.32. The monoisotopic (exact) mass is 264 g/mol. The Hall–Kier alpha value is -1.95. The Labute approximate surface area is 111 Å².